The lowest BCUT2D eigenvalue weighted by atomic mass is 10.3. The van der Waals surface area contributed by atoms with E-state index in [2.05, 4.69) is 11.8 Å². The number of carbonyl (C=O) groups excluding carboxylic acids is 1. The molecule has 98 valence electrons. The first-order valence-corrected chi connectivity index (χ1v) is 6.52. The Kier molecular flexibility index (Phi) is 4.20. The Hall–Kier alpha value is -1.55. The molecule has 1 heterocycles. The van der Waals surface area contributed by atoms with Crippen molar-refractivity contribution in [2.75, 3.05) is 44.7 Å². The van der Waals surface area contributed by atoms with Gasteiger partial charge in [0.25, 0.3) is 0 Å². The van der Waals surface area contributed by atoms with Gasteiger partial charge in [0.05, 0.1) is 0 Å². The number of hydrogen-bond acceptors (Lipinski definition) is 2. The zero-order valence-electron chi connectivity index (χ0n) is 11.2. The molecule has 0 aliphatic carbocycles. The molecule has 18 heavy (non-hydrogen) atoms. The predicted octanol–water partition coefficient (Wildman–Crippen LogP) is 1.88. The van der Waals surface area contributed by atoms with Crippen LogP contribution in [-0.2, 0) is 0 Å². The van der Waals surface area contributed by atoms with Gasteiger partial charge in [-0.2, -0.15) is 0 Å². The standard InChI is InChI=1S/C14H21N3O/c1-3-16-9-11-17(12-10-16)14(18)15(2)13-7-5-4-6-8-13/h4-8H,3,9-12H2,1-2H3. The Labute approximate surface area is 109 Å². The summed E-state index contributed by atoms with van der Waals surface area (Å²) in [6.45, 7) is 6.83. The van der Waals surface area contributed by atoms with Crippen LogP contribution in [0.2, 0.25) is 0 Å². The van der Waals surface area contributed by atoms with Crippen LogP contribution >= 0.6 is 0 Å². The molecule has 0 spiro atoms. The van der Waals surface area contributed by atoms with Crippen LogP contribution in [0.5, 0.6) is 0 Å². The third kappa shape index (κ3) is 2.82. The maximum Gasteiger partial charge on any atom is 0.324 e. The van der Waals surface area contributed by atoms with Gasteiger partial charge in [-0.05, 0) is 18.7 Å². The average Bonchev–Trinajstić information content (AvgIpc) is 2.47. The van der Waals surface area contributed by atoms with Crippen LogP contribution in [0.25, 0.3) is 0 Å². The summed E-state index contributed by atoms with van der Waals surface area (Å²) in [6, 6.07) is 9.88. The fourth-order valence-electron chi connectivity index (χ4n) is 2.23. The lowest BCUT2D eigenvalue weighted by Gasteiger charge is -2.36. The van der Waals surface area contributed by atoms with Crippen molar-refractivity contribution in [2.45, 2.75) is 6.92 Å². The highest BCUT2D eigenvalue weighted by Crippen LogP contribution is 2.14. The van der Waals surface area contributed by atoms with E-state index in [1.54, 1.807) is 4.90 Å². The molecule has 0 saturated carbocycles. The molecule has 0 unspecified atom stereocenters. The van der Waals surface area contributed by atoms with Crippen LogP contribution in [0.15, 0.2) is 30.3 Å². The van der Waals surface area contributed by atoms with E-state index < -0.39 is 0 Å². The number of hydrogen-bond donors (Lipinski definition) is 0. The normalized spacial score (nSPS) is 16.7. The predicted molar refractivity (Wildman–Crippen MR) is 73.9 cm³/mol. The number of likely N-dealkylation sites (N-methyl/N-ethyl adjacent to an activating group) is 1. The summed E-state index contributed by atoms with van der Waals surface area (Å²) in [6.07, 6.45) is 0. The van der Waals surface area contributed by atoms with E-state index in [0.29, 0.717) is 0 Å². The molecule has 0 atom stereocenters. The molecule has 1 fully saturated rings. The first kappa shape index (κ1) is 12.9. The van der Waals surface area contributed by atoms with Crippen LogP contribution in [0.3, 0.4) is 0 Å². The molecule has 0 radical (unpaired) electrons. The lowest BCUT2D eigenvalue weighted by molar-refractivity contribution is 0.148. The largest absolute Gasteiger partial charge is 0.324 e. The van der Waals surface area contributed by atoms with Crippen molar-refractivity contribution in [1.29, 1.82) is 0 Å². The number of rotatable bonds is 2. The number of carbonyl (C=O) groups is 1. The first-order valence-electron chi connectivity index (χ1n) is 6.52. The number of amides is 2. The second-order valence-electron chi connectivity index (χ2n) is 4.60. The lowest BCUT2D eigenvalue weighted by Crippen LogP contribution is -2.52. The highest BCUT2D eigenvalue weighted by molar-refractivity contribution is 5.91. The molecule has 2 amide bonds. The molecular formula is C14H21N3O. The van der Waals surface area contributed by atoms with Gasteiger partial charge in [0.1, 0.15) is 0 Å². The van der Waals surface area contributed by atoms with Crippen molar-refractivity contribution in [1.82, 2.24) is 9.80 Å². The van der Waals surface area contributed by atoms with Gasteiger partial charge in [-0.15, -0.1) is 0 Å². The molecule has 1 aromatic carbocycles. The Bertz CT molecular complexity index is 385. The van der Waals surface area contributed by atoms with Crippen LogP contribution in [0, 0.1) is 0 Å². The van der Waals surface area contributed by atoms with Gasteiger partial charge >= 0.3 is 6.03 Å². The molecule has 0 bridgehead atoms. The molecule has 4 heteroatoms. The van der Waals surface area contributed by atoms with E-state index in [-0.39, 0.29) is 6.03 Å². The second-order valence-corrected chi connectivity index (χ2v) is 4.60. The van der Waals surface area contributed by atoms with Crippen LogP contribution < -0.4 is 4.90 Å². The molecule has 1 aliphatic heterocycles. The summed E-state index contributed by atoms with van der Waals surface area (Å²) in [5.74, 6) is 0. The van der Waals surface area contributed by atoms with E-state index in [1.807, 2.05) is 42.3 Å². The van der Waals surface area contributed by atoms with Gasteiger partial charge in [-0.25, -0.2) is 4.79 Å². The summed E-state index contributed by atoms with van der Waals surface area (Å²) in [5, 5.41) is 0. The van der Waals surface area contributed by atoms with Gasteiger partial charge in [-0.1, -0.05) is 25.1 Å². The maximum absolute atomic E-state index is 12.3. The Morgan fingerprint density at radius 3 is 2.33 bits per heavy atom. The SMILES string of the molecule is CCN1CCN(C(=O)N(C)c2ccccc2)CC1. The van der Waals surface area contributed by atoms with Gasteiger partial charge < -0.3 is 9.80 Å². The van der Waals surface area contributed by atoms with E-state index in [4.69, 9.17) is 0 Å². The highest BCUT2D eigenvalue weighted by Gasteiger charge is 2.23. The van der Waals surface area contributed by atoms with E-state index in [9.17, 15) is 4.79 Å². The minimum atomic E-state index is 0.0944. The second kappa shape index (κ2) is 5.87. The highest BCUT2D eigenvalue weighted by atomic mass is 16.2. The quantitative estimate of drug-likeness (QED) is 0.798. The molecule has 0 aromatic heterocycles. The van der Waals surface area contributed by atoms with Crippen molar-refractivity contribution in [2.24, 2.45) is 0 Å². The van der Waals surface area contributed by atoms with Gasteiger partial charge in [0.2, 0.25) is 0 Å². The van der Waals surface area contributed by atoms with Crippen LogP contribution in [-0.4, -0.2) is 55.6 Å². The zero-order valence-corrected chi connectivity index (χ0v) is 11.2. The third-order valence-electron chi connectivity index (χ3n) is 3.52. The smallest absolute Gasteiger partial charge is 0.322 e. The van der Waals surface area contributed by atoms with Crippen molar-refractivity contribution in [3.8, 4) is 0 Å². The third-order valence-corrected chi connectivity index (χ3v) is 3.52. The number of para-hydroxylation sites is 1. The molecular weight excluding hydrogens is 226 g/mol. The fourth-order valence-corrected chi connectivity index (χ4v) is 2.23. The summed E-state index contributed by atoms with van der Waals surface area (Å²) in [7, 11) is 1.84. The first-order chi connectivity index (χ1) is 8.72. The average molecular weight is 247 g/mol. The fraction of sp³-hybridized carbons (Fsp3) is 0.500. The minimum absolute atomic E-state index is 0.0944. The molecule has 1 aliphatic rings. The minimum Gasteiger partial charge on any atom is -0.322 e. The Balaban J connectivity index is 1.96. The van der Waals surface area contributed by atoms with Crippen molar-refractivity contribution in [3.63, 3.8) is 0 Å². The summed E-state index contributed by atoms with van der Waals surface area (Å²) in [4.78, 5) is 18.3. The molecule has 0 N–H and O–H groups in total. The van der Waals surface area contributed by atoms with Crippen LogP contribution in [0.4, 0.5) is 10.5 Å². The van der Waals surface area contributed by atoms with Gasteiger partial charge in [0.15, 0.2) is 0 Å². The van der Waals surface area contributed by atoms with E-state index in [1.165, 1.54) is 0 Å². The van der Waals surface area contributed by atoms with Crippen molar-refractivity contribution < 1.29 is 4.79 Å². The van der Waals surface area contributed by atoms with Crippen molar-refractivity contribution >= 4 is 11.7 Å². The number of urea groups is 1. The molecule has 4 nitrogen and oxygen atoms in total. The monoisotopic (exact) mass is 247 g/mol. The van der Waals surface area contributed by atoms with Gasteiger partial charge in [-0.3, -0.25) is 4.90 Å². The maximum atomic E-state index is 12.3. The molecule has 1 aromatic rings. The van der Waals surface area contributed by atoms with E-state index in [0.717, 1.165) is 38.4 Å². The Morgan fingerprint density at radius 1 is 1.17 bits per heavy atom. The summed E-state index contributed by atoms with van der Waals surface area (Å²) < 4.78 is 0. The number of anilines is 1. The van der Waals surface area contributed by atoms with Crippen molar-refractivity contribution in [3.05, 3.63) is 30.3 Å². The molecule has 2 rings (SSSR count). The van der Waals surface area contributed by atoms with E-state index >= 15 is 0 Å². The van der Waals surface area contributed by atoms with Gasteiger partial charge in [0, 0.05) is 38.9 Å². The number of nitrogens with zero attached hydrogens (tertiary/aromatic N) is 3. The Morgan fingerprint density at radius 2 is 1.78 bits per heavy atom. The summed E-state index contributed by atoms with van der Waals surface area (Å²) >= 11 is 0. The zero-order chi connectivity index (χ0) is 13.0. The molecule has 1 saturated heterocycles. The number of benzene rings is 1. The summed E-state index contributed by atoms with van der Waals surface area (Å²) in [5.41, 5.74) is 0.945. The van der Waals surface area contributed by atoms with Crippen LogP contribution in [0.1, 0.15) is 6.92 Å². The number of piperazine rings is 1. The topological polar surface area (TPSA) is 26.8 Å².